The second kappa shape index (κ2) is 6.11. The smallest absolute Gasteiger partial charge is 0.309 e. The molecule has 1 aromatic rings. The van der Waals surface area contributed by atoms with Gasteiger partial charge in [0.15, 0.2) is 0 Å². The van der Waals surface area contributed by atoms with E-state index in [0.717, 1.165) is 22.0 Å². The number of benzene rings is 1. The quantitative estimate of drug-likeness (QED) is 0.646. The molecule has 0 spiro atoms. The van der Waals surface area contributed by atoms with E-state index in [4.69, 9.17) is 4.74 Å². The summed E-state index contributed by atoms with van der Waals surface area (Å²) in [6.07, 6.45) is 3.53. The number of ether oxygens (including phenoxy) is 1. The van der Waals surface area contributed by atoms with Crippen LogP contribution < -0.4 is 0 Å². The van der Waals surface area contributed by atoms with Crippen molar-refractivity contribution in [2.45, 2.75) is 32.1 Å². The maximum Gasteiger partial charge on any atom is 0.309 e. The Balaban J connectivity index is 2.31. The predicted octanol–water partition coefficient (Wildman–Crippen LogP) is 3.69. The van der Waals surface area contributed by atoms with Gasteiger partial charge in [-0.1, -0.05) is 19.4 Å². The topological polar surface area (TPSA) is 46.5 Å². The first-order valence-electron chi connectivity index (χ1n) is 6.60. The molecular formula is C15H19IO3. The maximum absolute atomic E-state index is 11.8. The predicted molar refractivity (Wildman–Crippen MR) is 82.1 cm³/mol. The summed E-state index contributed by atoms with van der Waals surface area (Å²) in [6, 6.07) is 5.72. The van der Waals surface area contributed by atoms with Crippen molar-refractivity contribution in [1.82, 2.24) is 0 Å². The summed E-state index contributed by atoms with van der Waals surface area (Å²) in [5.74, 6) is 0.613. The zero-order valence-electron chi connectivity index (χ0n) is 11.2. The van der Waals surface area contributed by atoms with Crippen LogP contribution in [0.1, 0.15) is 37.7 Å². The van der Waals surface area contributed by atoms with E-state index in [1.807, 2.05) is 19.1 Å². The number of methoxy groups -OCH3 is 1. The minimum Gasteiger partial charge on any atom is -0.507 e. The Bertz CT molecular complexity index is 468. The molecule has 3 nitrogen and oxygen atoms in total. The second-order valence-electron chi connectivity index (χ2n) is 5.24. The first kappa shape index (κ1) is 14.6. The number of halogens is 1. The lowest BCUT2D eigenvalue weighted by Gasteiger charge is -2.36. The van der Waals surface area contributed by atoms with Crippen molar-refractivity contribution in [2.75, 3.05) is 7.11 Å². The molecular weight excluding hydrogens is 355 g/mol. The summed E-state index contributed by atoms with van der Waals surface area (Å²) in [7, 11) is 1.43. The second-order valence-corrected chi connectivity index (χ2v) is 6.40. The average Bonchev–Trinajstić information content (AvgIpc) is 2.35. The number of hydrogen-bond donors (Lipinski definition) is 1. The molecule has 1 aromatic carbocycles. The van der Waals surface area contributed by atoms with E-state index in [-0.39, 0.29) is 17.8 Å². The molecule has 4 heteroatoms. The Morgan fingerprint density at radius 3 is 2.63 bits per heavy atom. The van der Waals surface area contributed by atoms with E-state index in [0.29, 0.717) is 11.7 Å². The average molecular weight is 374 g/mol. The van der Waals surface area contributed by atoms with Crippen LogP contribution in [0, 0.1) is 15.4 Å². The summed E-state index contributed by atoms with van der Waals surface area (Å²) in [6.45, 7) is 1.92. The molecule has 0 aromatic heterocycles. The molecule has 0 saturated heterocycles. The van der Waals surface area contributed by atoms with E-state index in [1.54, 1.807) is 6.07 Å². The summed E-state index contributed by atoms with van der Waals surface area (Å²) in [5, 5.41) is 9.88. The highest BCUT2D eigenvalue weighted by molar-refractivity contribution is 14.1. The maximum atomic E-state index is 11.8. The molecule has 0 aliphatic heterocycles. The number of phenols is 1. The Labute approximate surface area is 127 Å². The number of aromatic hydroxyl groups is 1. The first-order valence-corrected chi connectivity index (χ1v) is 7.68. The normalized spacial score (nSPS) is 18.5. The Morgan fingerprint density at radius 2 is 2.16 bits per heavy atom. The number of hydrogen-bond acceptors (Lipinski definition) is 3. The highest BCUT2D eigenvalue weighted by Crippen LogP contribution is 2.44. The van der Waals surface area contributed by atoms with Gasteiger partial charge < -0.3 is 9.84 Å². The number of rotatable bonds is 4. The third kappa shape index (κ3) is 3.04. The SMILES string of the molecule is COC(=O)[C@@H](C)C(c1ccc(I)c(O)c1)C1CCC1. The molecule has 0 amide bonds. The fourth-order valence-electron chi connectivity index (χ4n) is 2.84. The van der Waals surface area contributed by atoms with Gasteiger partial charge in [-0.3, -0.25) is 4.79 Å². The zero-order chi connectivity index (χ0) is 14.0. The van der Waals surface area contributed by atoms with Crippen LogP contribution in [-0.2, 0) is 9.53 Å². The molecule has 1 aliphatic carbocycles. The van der Waals surface area contributed by atoms with Gasteiger partial charge in [-0.2, -0.15) is 0 Å². The van der Waals surface area contributed by atoms with E-state index >= 15 is 0 Å². The van der Waals surface area contributed by atoms with E-state index < -0.39 is 0 Å². The van der Waals surface area contributed by atoms with Gasteiger partial charge in [0.2, 0.25) is 0 Å². The van der Waals surface area contributed by atoms with Crippen LogP contribution in [0.4, 0.5) is 0 Å². The molecule has 1 fully saturated rings. The molecule has 0 heterocycles. The number of esters is 1. The van der Waals surface area contributed by atoms with Crippen molar-refractivity contribution in [3.8, 4) is 5.75 Å². The molecule has 1 aliphatic rings. The van der Waals surface area contributed by atoms with Gasteiger partial charge in [0.1, 0.15) is 5.75 Å². The Kier molecular flexibility index (Phi) is 4.71. The lowest BCUT2D eigenvalue weighted by molar-refractivity contribution is -0.146. The highest BCUT2D eigenvalue weighted by Gasteiger charge is 2.36. The van der Waals surface area contributed by atoms with Crippen molar-refractivity contribution in [1.29, 1.82) is 0 Å². The summed E-state index contributed by atoms with van der Waals surface area (Å²) in [5.41, 5.74) is 1.04. The fourth-order valence-corrected chi connectivity index (χ4v) is 3.17. The van der Waals surface area contributed by atoms with Gasteiger partial charge >= 0.3 is 5.97 Å². The molecule has 1 N–H and O–H groups in total. The molecule has 2 rings (SSSR count). The monoisotopic (exact) mass is 374 g/mol. The molecule has 19 heavy (non-hydrogen) atoms. The molecule has 2 atom stereocenters. The Morgan fingerprint density at radius 1 is 1.47 bits per heavy atom. The van der Waals surface area contributed by atoms with Crippen LogP contribution in [0.3, 0.4) is 0 Å². The van der Waals surface area contributed by atoms with Gasteiger partial charge in [-0.15, -0.1) is 0 Å². The largest absolute Gasteiger partial charge is 0.507 e. The van der Waals surface area contributed by atoms with Crippen molar-refractivity contribution < 1.29 is 14.6 Å². The van der Waals surface area contributed by atoms with Gasteiger partial charge in [0.05, 0.1) is 16.6 Å². The van der Waals surface area contributed by atoms with Crippen LogP contribution >= 0.6 is 22.6 Å². The molecule has 1 unspecified atom stereocenters. The zero-order valence-corrected chi connectivity index (χ0v) is 13.4. The first-order chi connectivity index (χ1) is 9.04. The van der Waals surface area contributed by atoms with Gasteiger partial charge in [-0.05, 0) is 65.0 Å². The lowest BCUT2D eigenvalue weighted by Crippen LogP contribution is -2.30. The van der Waals surface area contributed by atoms with E-state index in [2.05, 4.69) is 22.6 Å². The summed E-state index contributed by atoms with van der Waals surface area (Å²) < 4.78 is 5.72. The summed E-state index contributed by atoms with van der Waals surface area (Å²) >= 11 is 2.10. The molecule has 104 valence electrons. The van der Waals surface area contributed by atoms with Crippen LogP contribution in [0.25, 0.3) is 0 Å². The van der Waals surface area contributed by atoms with Crippen molar-refractivity contribution >= 4 is 28.6 Å². The van der Waals surface area contributed by atoms with Crippen LogP contribution in [-0.4, -0.2) is 18.2 Å². The van der Waals surface area contributed by atoms with Crippen molar-refractivity contribution in [3.05, 3.63) is 27.3 Å². The number of phenolic OH excluding ortho intramolecular Hbond substituents is 1. The highest BCUT2D eigenvalue weighted by atomic mass is 127. The minimum atomic E-state index is -0.172. The van der Waals surface area contributed by atoms with Gasteiger partial charge in [0, 0.05) is 0 Å². The van der Waals surface area contributed by atoms with Gasteiger partial charge in [0.25, 0.3) is 0 Å². The Hall–Kier alpha value is -0.780. The fraction of sp³-hybridized carbons (Fsp3) is 0.533. The third-order valence-corrected chi connectivity index (χ3v) is 5.04. The molecule has 0 bridgehead atoms. The molecule has 0 radical (unpaired) electrons. The molecule has 1 saturated carbocycles. The van der Waals surface area contributed by atoms with Gasteiger partial charge in [-0.25, -0.2) is 0 Å². The van der Waals surface area contributed by atoms with Crippen LogP contribution in [0.15, 0.2) is 18.2 Å². The van der Waals surface area contributed by atoms with E-state index in [9.17, 15) is 9.90 Å². The van der Waals surface area contributed by atoms with E-state index in [1.165, 1.54) is 13.5 Å². The number of carbonyl (C=O) groups is 1. The van der Waals surface area contributed by atoms with Crippen molar-refractivity contribution in [2.24, 2.45) is 11.8 Å². The lowest BCUT2D eigenvalue weighted by atomic mass is 9.68. The van der Waals surface area contributed by atoms with Crippen molar-refractivity contribution in [3.63, 3.8) is 0 Å². The van der Waals surface area contributed by atoms with Crippen LogP contribution in [0.5, 0.6) is 5.75 Å². The summed E-state index contributed by atoms with van der Waals surface area (Å²) in [4.78, 5) is 11.8. The standard InChI is InChI=1S/C15H19IO3/c1-9(15(18)19-2)14(10-4-3-5-10)11-6-7-12(16)13(17)8-11/h6-10,14,17H,3-5H2,1-2H3/t9-,14?/m0/s1. The minimum absolute atomic E-state index is 0.143. The third-order valence-electron chi connectivity index (χ3n) is 4.12. The number of carbonyl (C=O) groups excluding carboxylic acids is 1. The van der Waals surface area contributed by atoms with Crippen LogP contribution in [0.2, 0.25) is 0 Å².